The highest BCUT2D eigenvalue weighted by Crippen LogP contribution is 2.09. The topological polar surface area (TPSA) is 0 Å². The maximum atomic E-state index is 2.30. The van der Waals surface area contributed by atoms with Gasteiger partial charge in [0.2, 0.25) is 0 Å². The van der Waals surface area contributed by atoms with Crippen molar-refractivity contribution in [3.63, 3.8) is 0 Å². The maximum absolute atomic E-state index is 2.30. The Labute approximate surface area is 278 Å². The molecule has 0 saturated heterocycles. The van der Waals surface area contributed by atoms with E-state index in [1.807, 2.05) is 0 Å². The molecule has 0 aromatic carbocycles. The van der Waals surface area contributed by atoms with E-state index in [0.717, 1.165) is 25.7 Å². The van der Waals surface area contributed by atoms with E-state index in [4.69, 9.17) is 0 Å². The molecule has 45 heavy (non-hydrogen) atoms. The Kier molecular flexibility index (Phi) is 24.2. The first-order chi connectivity index (χ1) is 21.4. The molecule has 0 amide bonds. The molecule has 0 aliphatic heterocycles. The first-order valence-corrected chi connectivity index (χ1v) is 16.4. The Bertz CT molecular complexity index is 1340. The molecule has 0 aromatic rings. The van der Waals surface area contributed by atoms with E-state index in [0.29, 0.717) is 0 Å². The fourth-order valence-electron chi connectivity index (χ4n) is 3.82. The zero-order chi connectivity index (χ0) is 33.9. The van der Waals surface area contributed by atoms with Gasteiger partial charge in [-0.25, -0.2) is 0 Å². The smallest absolute Gasteiger partial charge is 0.0285 e. The molecule has 242 valence electrons. The van der Waals surface area contributed by atoms with Crippen LogP contribution < -0.4 is 0 Å². The van der Waals surface area contributed by atoms with Crippen LogP contribution in [0.1, 0.15) is 102 Å². The number of hydrogen-bond donors (Lipinski definition) is 0. The van der Waals surface area contributed by atoms with Gasteiger partial charge >= 0.3 is 0 Å². The van der Waals surface area contributed by atoms with E-state index in [1.165, 1.54) is 50.2 Å². The molecule has 0 aromatic heterocycles. The molecule has 0 aliphatic carbocycles. The standard InChI is InChI=1S/C45H62/c1-37(2)21-14-25-41(7)29-18-33-43(9)31-16-27-39(5)23-12-13-24-40(6)28-17-32-44(10)35-20-36-45(11)34-19-30-42(8)26-15-22-38(3)4/h12-13,16-24,27-36H,14-15,25-26H2,1-11H3. The average Bonchev–Trinajstić information content (AvgIpc) is 2.95. The van der Waals surface area contributed by atoms with Gasteiger partial charge in [-0.05, 0) is 102 Å². The molecule has 0 fully saturated rings. The van der Waals surface area contributed by atoms with Crippen molar-refractivity contribution in [1.82, 2.24) is 0 Å². The van der Waals surface area contributed by atoms with Crippen molar-refractivity contribution in [2.75, 3.05) is 0 Å². The first kappa shape index (κ1) is 41.1. The summed E-state index contributed by atoms with van der Waals surface area (Å²) >= 11 is 0. The molecule has 0 spiro atoms. The second kappa shape index (κ2) is 26.5. The van der Waals surface area contributed by atoms with Crippen molar-refractivity contribution < 1.29 is 0 Å². The largest absolute Gasteiger partial charge is 0.0856 e. The van der Waals surface area contributed by atoms with Gasteiger partial charge in [-0.3, -0.25) is 0 Å². The van der Waals surface area contributed by atoms with Crippen LogP contribution in [0.3, 0.4) is 0 Å². The Morgan fingerprint density at radius 1 is 0.311 bits per heavy atom. The lowest BCUT2D eigenvalue weighted by molar-refractivity contribution is 0.967. The minimum atomic E-state index is 1.11. The molecule has 0 aliphatic rings. The van der Waals surface area contributed by atoms with Crippen molar-refractivity contribution in [3.05, 3.63) is 178 Å². The minimum Gasteiger partial charge on any atom is -0.0856 e. The van der Waals surface area contributed by atoms with Gasteiger partial charge in [0.25, 0.3) is 0 Å². The lowest BCUT2D eigenvalue weighted by Gasteiger charge is -1.96. The second-order valence-corrected chi connectivity index (χ2v) is 12.4. The van der Waals surface area contributed by atoms with E-state index in [1.54, 1.807) is 0 Å². The maximum Gasteiger partial charge on any atom is -0.0285 e. The van der Waals surface area contributed by atoms with Gasteiger partial charge in [-0.15, -0.1) is 0 Å². The molecular weight excluding hydrogens is 540 g/mol. The molecule has 0 bridgehead atoms. The van der Waals surface area contributed by atoms with Crippen LogP contribution in [0.25, 0.3) is 0 Å². The summed E-state index contributed by atoms with van der Waals surface area (Å²) in [6.45, 7) is 23.6. The third-order valence-corrected chi connectivity index (χ3v) is 6.65. The van der Waals surface area contributed by atoms with E-state index in [2.05, 4.69) is 204 Å². The molecule has 0 heterocycles. The molecular formula is C45H62. The minimum absolute atomic E-state index is 1.11. The molecule has 0 rings (SSSR count). The Hall–Kier alpha value is -3.90. The van der Waals surface area contributed by atoms with Gasteiger partial charge in [0, 0.05) is 0 Å². The van der Waals surface area contributed by atoms with Gasteiger partial charge in [-0.2, -0.15) is 0 Å². The van der Waals surface area contributed by atoms with Gasteiger partial charge in [-0.1, -0.05) is 178 Å². The van der Waals surface area contributed by atoms with E-state index >= 15 is 0 Å². The Morgan fingerprint density at radius 3 is 0.822 bits per heavy atom. The lowest BCUT2D eigenvalue weighted by Crippen LogP contribution is -1.76. The van der Waals surface area contributed by atoms with Crippen LogP contribution in [-0.4, -0.2) is 0 Å². The lowest BCUT2D eigenvalue weighted by atomic mass is 10.1. The number of hydrogen-bond acceptors (Lipinski definition) is 0. The Balaban J connectivity index is 4.77. The Morgan fingerprint density at radius 2 is 0.556 bits per heavy atom. The SMILES string of the molecule is CC(C)=CCCC(C)=CC=CC(C)=CC=CC(C)=CC=CC=C(C)C=CC=C(C)C=CC=C(C)C=CC=C(C)CCC=C(C)C. The zero-order valence-corrected chi connectivity index (χ0v) is 30.5. The predicted octanol–water partition coefficient (Wildman–Crippen LogP) is 14.4. The van der Waals surface area contributed by atoms with Crippen LogP contribution in [0.4, 0.5) is 0 Å². The first-order valence-electron chi connectivity index (χ1n) is 16.4. The highest BCUT2D eigenvalue weighted by atomic mass is 14.0. The van der Waals surface area contributed by atoms with Crippen LogP contribution in [0.15, 0.2) is 178 Å². The summed E-state index contributed by atoms with van der Waals surface area (Å²) in [5.74, 6) is 0. The molecule has 0 radical (unpaired) electrons. The summed E-state index contributed by atoms with van der Waals surface area (Å²) < 4.78 is 0. The molecule has 0 nitrogen and oxygen atoms in total. The van der Waals surface area contributed by atoms with Crippen LogP contribution in [0.2, 0.25) is 0 Å². The van der Waals surface area contributed by atoms with Gasteiger partial charge < -0.3 is 0 Å². The number of rotatable bonds is 18. The van der Waals surface area contributed by atoms with Crippen LogP contribution >= 0.6 is 0 Å². The van der Waals surface area contributed by atoms with E-state index in [-0.39, 0.29) is 0 Å². The highest BCUT2D eigenvalue weighted by Gasteiger charge is 1.89. The molecule has 0 heteroatoms. The number of allylic oxidation sites excluding steroid dienone is 30. The van der Waals surface area contributed by atoms with Crippen LogP contribution in [0.5, 0.6) is 0 Å². The monoisotopic (exact) mass is 602 g/mol. The summed E-state index contributed by atoms with van der Waals surface area (Å²) in [4.78, 5) is 0. The molecule has 0 atom stereocenters. The van der Waals surface area contributed by atoms with Crippen LogP contribution in [-0.2, 0) is 0 Å². The van der Waals surface area contributed by atoms with Crippen molar-refractivity contribution in [1.29, 1.82) is 0 Å². The predicted molar refractivity (Wildman–Crippen MR) is 208 cm³/mol. The van der Waals surface area contributed by atoms with Crippen LogP contribution in [0, 0.1) is 0 Å². The van der Waals surface area contributed by atoms with E-state index < -0.39 is 0 Å². The molecule has 0 unspecified atom stereocenters. The fraction of sp³-hybridized carbons (Fsp3) is 0.333. The third kappa shape index (κ3) is 28.6. The summed E-state index contributed by atoms with van der Waals surface area (Å²) in [6.07, 6.45) is 49.7. The van der Waals surface area contributed by atoms with Crippen molar-refractivity contribution in [2.45, 2.75) is 102 Å². The van der Waals surface area contributed by atoms with Crippen molar-refractivity contribution in [3.8, 4) is 0 Å². The summed E-state index contributed by atoms with van der Waals surface area (Å²) in [5.41, 5.74) is 11.7. The normalized spacial score (nSPS) is 15.3. The van der Waals surface area contributed by atoms with Gasteiger partial charge in [0.05, 0.1) is 0 Å². The summed E-state index contributed by atoms with van der Waals surface area (Å²) in [5, 5.41) is 0. The van der Waals surface area contributed by atoms with E-state index in [9.17, 15) is 0 Å². The zero-order valence-electron chi connectivity index (χ0n) is 30.5. The summed E-state index contributed by atoms with van der Waals surface area (Å²) in [6, 6.07) is 0. The quantitative estimate of drug-likeness (QED) is 0.108. The van der Waals surface area contributed by atoms with Crippen molar-refractivity contribution >= 4 is 0 Å². The fourth-order valence-corrected chi connectivity index (χ4v) is 3.82. The van der Waals surface area contributed by atoms with Crippen molar-refractivity contribution in [2.24, 2.45) is 0 Å². The molecule has 0 N–H and O–H groups in total. The second-order valence-electron chi connectivity index (χ2n) is 12.4. The third-order valence-electron chi connectivity index (χ3n) is 6.65. The average molecular weight is 603 g/mol. The van der Waals surface area contributed by atoms with Gasteiger partial charge in [0.15, 0.2) is 0 Å². The summed E-state index contributed by atoms with van der Waals surface area (Å²) in [7, 11) is 0. The highest BCUT2D eigenvalue weighted by molar-refractivity contribution is 5.33. The van der Waals surface area contributed by atoms with Gasteiger partial charge in [0.1, 0.15) is 0 Å². The molecule has 0 saturated carbocycles.